The Bertz CT molecular complexity index is 1090. The molecule has 0 unspecified atom stereocenters. The summed E-state index contributed by atoms with van der Waals surface area (Å²) in [5.74, 6) is -0.579. The number of esters is 1. The molecule has 0 radical (unpaired) electrons. The summed E-state index contributed by atoms with van der Waals surface area (Å²) in [4.78, 5) is 42.3. The van der Waals surface area contributed by atoms with Crippen molar-refractivity contribution in [3.63, 3.8) is 0 Å². The third-order valence-corrected chi connectivity index (χ3v) is 5.85. The second-order valence-electron chi connectivity index (χ2n) is 6.75. The van der Waals surface area contributed by atoms with E-state index in [2.05, 4.69) is 10.3 Å². The first-order valence-electron chi connectivity index (χ1n) is 9.39. The molecular formula is C21H23N3O4S. The molecule has 0 aliphatic heterocycles. The number of amides is 1. The van der Waals surface area contributed by atoms with Crippen molar-refractivity contribution in [3.05, 3.63) is 63.0 Å². The Morgan fingerprint density at radius 1 is 1.28 bits per heavy atom. The van der Waals surface area contributed by atoms with E-state index in [-0.39, 0.29) is 30.5 Å². The molecule has 0 fully saturated rings. The summed E-state index contributed by atoms with van der Waals surface area (Å²) in [5.41, 5.74) is 1.33. The standard InChI is InChI=1S/C21H23N3O4S/c1-4-28-21(27)18-14(3)17-19(29-18)23-12-24(20(17)26)11-16(25)22-10-13(2)15-8-6-5-7-9-15/h5-9,12-13H,4,10-11H2,1-3H3,(H,22,25)/t13-/m0/s1. The summed E-state index contributed by atoms with van der Waals surface area (Å²) in [6, 6.07) is 9.90. The van der Waals surface area contributed by atoms with Gasteiger partial charge in [0.2, 0.25) is 5.91 Å². The molecule has 29 heavy (non-hydrogen) atoms. The van der Waals surface area contributed by atoms with Crippen LogP contribution in [0.3, 0.4) is 0 Å². The lowest BCUT2D eigenvalue weighted by atomic mass is 10.0. The van der Waals surface area contributed by atoms with Crippen LogP contribution in [0.1, 0.15) is 40.6 Å². The third-order valence-electron chi connectivity index (χ3n) is 4.67. The maximum absolute atomic E-state index is 12.8. The summed E-state index contributed by atoms with van der Waals surface area (Å²) in [6.45, 7) is 6.04. The zero-order valence-corrected chi connectivity index (χ0v) is 17.4. The maximum Gasteiger partial charge on any atom is 0.348 e. The molecular weight excluding hydrogens is 390 g/mol. The van der Waals surface area contributed by atoms with E-state index in [0.717, 1.165) is 16.9 Å². The highest BCUT2D eigenvalue weighted by Gasteiger charge is 2.20. The second kappa shape index (κ2) is 9.00. The van der Waals surface area contributed by atoms with Crippen LogP contribution in [0, 0.1) is 6.92 Å². The molecule has 1 N–H and O–H groups in total. The smallest absolute Gasteiger partial charge is 0.348 e. The highest BCUT2D eigenvalue weighted by Crippen LogP contribution is 2.27. The van der Waals surface area contributed by atoms with Crippen LogP contribution in [0.5, 0.6) is 0 Å². The number of nitrogens with zero attached hydrogens (tertiary/aromatic N) is 2. The minimum atomic E-state index is -0.466. The van der Waals surface area contributed by atoms with Gasteiger partial charge in [-0.25, -0.2) is 9.78 Å². The van der Waals surface area contributed by atoms with Gasteiger partial charge in [0.25, 0.3) is 5.56 Å². The fourth-order valence-electron chi connectivity index (χ4n) is 3.04. The molecule has 1 aromatic carbocycles. The average molecular weight is 413 g/mol. The third kappa shape index (κ3) is 4.54. The van der Waals surface area contributed by atoms with Crippen LogP contribution < -0.4 is 10.9 Å². The van der Waals surface area contributed by atoms with Crippen molar-refractivity contribution in [2.24, 2.45) is 0 Å². The highest BCUT2D eigenvalue weighted by molar-refractivity contribution is 7.20. The van der Waals surface area contributed by atoms with Gasteiger partial charge in [0.05, 0.1) is 18.3 Å². The molecule has 8 heteroatoms. The van der Waals surface area contributed by atoms with Gasteiger partial charge in [-0.1, -0.05) is 37.3 Å². The van der Waals surface area contributed by atoms with Crippen LogP contribution in [-0.2, 0) is 16.1 Å². The van der Waals surface area contributed by atoms with Crippen molar-refractivity contribution < 1.29 is 14.3 Å². The van der Waals surface area contributed by atoms with Crippen LogP contribution >= 0.6 is 11.3 Å². The highest BCUT2D eigenvalue weighted by atomic mass is 32.1. The minimum absolute atomic E-state index is 0.132. The number of thiophene rings is 1. The number of fused-ring (bicyclic) bond motifs is 1. The van der Waals surface area contributed by atoms with Gasteiger partial charge in [0, 0.05) is 6.54 Å². The van der Waals surface area contributed by atoms with Gasteiger partial charge in [0.1, 0.15) is 16.3 Å². The number of hydrogen-bond donors (Lipinski definition) is 1. The number of hydrogen-bond acceptors (Lipinski definition) is 6. The van der Waals surface area contributed by atoms with E-state index in [1.807, 2.05) is 37.3 Å². The number of nitrogens with one attached hydrogen (secondary N) is 1. The zero-order chi connectivity index (χ0) is 21.0. The lowest BCUT2D eigenvalue weighted by Crippen LogP contribution is -2.34. The molecule has 2 heterocycles. The molecule has 0 saturated carbocycles. The molecule has 2 aromatic heterocycles. The van der Waals surface area contributed by atoms with Crippen molar-refractivity contribution in [3.8, 4) is 0 Å². The minimum Gasteiger partial charge on any atom is -0.462 e. The summed E-state index contributed by atoms with van der Waals surface area (Å²) >= 11 is 1.13. The molecule has 3 rings (SSSR count). The van der Waals surface area contributed by atoms with Gasteiger partial charge in [-0.3, -0.25) is 14.2 Å². The molecule has 0 bridgehead atoms. The van der Waals surface area contributed by atoms with E-state index in [1.54, 1.807) is 13.8 Å². The Kier molecular flexibility index (Phi) is 6.43. The van der Waals surface area contributed by atoms with Crippen LogP contribution in [-0.4, -0.2) is 34.6 Å². The zero-order valence-electron chi connectivity index (χ0n) is 16.6. The molecule has 0 spiro atoms. The van der Waals surface area contributed by atoms with Crippen LogP contribution in [0.25, 0.3) is 10.2 Å². The molecule has 1 amide bonds. The SMILES string of the molecule is CCOC(=O)c1sc2ncn(CC(=O)NC[C@H](C)c3ccccc3)c(=O)c2c1C. The lowest BCUT2D eigenvalue weighted by Gasteiger charge is -2.13. The van der Waals surface area contributed by atoms with Gasteiger partial charge in [0.15, 0.2) is 0 Å². The van der Waals surface area contributed by atoms with Crippen molar-refractivity contribution in [1.29, 1.82) is 0 Å². The fraction of sp³-hybridized carbons (Fsp3) is 0.333. The summed E-state index contributed by atoms with van der Waals surface area (Å²) in [7, 11) is 0. The van der Waals surface area contributed by atoms with Crippen molar-refractivity contribution >= 4 is 33.4 Å². The van der Waals surface area contributed by atoms with Crippen molar-refractivity contribution in [2.75, 3.05) is 13.2 Å². The first-order valence-corrected chi connectivity index (χ1v) is 10.2. The van der Waals surface area contributed by atoms with Crippen molar-refractivity contribution in [2.45, 2.75) is 33.2 Å². The first kappa shape index (κ1) is 20.7. The fourth-order valence-corrected chi connectivity index (χ4v) is 4.07. The predicted molar refractivity (Wildman–Crippen MR) is 112 cm³/mol. The van der Waals surface area contributed by atoms with E-state index >= 15 is 0 Å². The molecule has 3 aromatic rings. The monoisotopic (exact) mass is 413 g/mol. The topological polar surface area (TPSA) is 90.3 Å². The number of carbonyl (C=O) groups is 2. The second-order valence-corrected chi connectivity index (χ2v) is 7.75. The molecule has 0 aliphatic carbocycles. The van der Waals surface area contributed by atoms with E-state index in [0.29, 0.717) is 27.2 Å². The Hall–Kier alpha value is -3.00. The Labute approximate surface area is 172 Å². The summed E-state index contributed by atoms with van der Waals surface area (Å²) in [5, 5.41) is 3.21. The largest absolute Gasteiger partial charge is 0.462 e. The first-order chi connectivity index (χ1) is 13.9. The van der Waals surface area contributed by atoms with Crippen LogP contribution in [0.2, 0.25) is 0 Å². The van der Waals surface area contributed by atoms with Gasteiger partial charge >= 0.3 is 5.97 Å². The van der Waals surface area contributed by atoms with Crippen molar-refractivity contribution in [1.82, 2.24) is 14.9 Å². The molecule has 0 saturated heterocycles. The summed E-state index contributed by atoms with van der Waals surface area (Å²) < 4.78 is 6.30. The number of aryl methyl sites for hydroxylation is 1. The molecule has 152 valence electrons. The van der Waals surface area contributed by atoms with E-state index in [4.69, 9.17) is 4.74 Å². The number of benzene rings is 1. The van der Waals surface area contributed by atoms with Gasteiger partial charge in [-0.15, -0.1) is 11.3 Å². The number of ether oxygens (including phenoxy) is 1. The Balaban J connectivity index is 1.74. The normalized spacial score (nSPS) is 12.0. The van der Waals surface area contributed by atoms with Gasteiger partial charge < -0.3 is 10.1 Å². The van der Waals surface area contributed by atoms with E-state index in [9.17, 15) is 14.4 Å². The van der Waals surface area contributed by atoms with Gasteiger partial charge in [-0.05, 0) is 30.9 Å². The Morgan fingerprint density at radius 3 is 2.69 bits per heavy atom. The van der Waals surface area contributed by atoms with E-state index in [1.165, 1.54) is 10.9 Å². The Morgan fingerprint density at radius 2 is 2.00 bits per heavy atom. The predicted octanol–water partition coefficient (Wildman–Crippen LogP) is 2.86. The number of rotatable bonds is 7. The van der Waals surface area contributed by atoms with Crippen LogP contribution in [0.4, 0.5) is 0 Å². The number of aromatic nitrogens is 2. The van der Waals surface area contributed by atoms with Crippen LogP contribution in [0.15, 0.2) is 41.5 Å². The molecule has 1 atom stereocenters. The van der Waals surface area contributed by atoms with E-state index < -0.39 is 5.97 Å². The van der Waals surface area contributed by atoms with Gasteiger partial charge in [-0.2, -0.15) is 0 Å². The number of carbonyl (C=O) groups excluding carboxylic acids is 2. The summed E-state index contributed by atoms with van der Waals surface area (Å²) in [6.07, 6.45) is 1.34. The quantitative estimate of drug-likeness (QED) is 0.602. The maximum atomic E-state index is 12.8. The lowest BCUT2D eigenvalue weighted by molar-refractivity contribution is -0.121. The average Bonchev–Trinajstić information content (AvgIpc) is 3.06. The molecule has 7 nitrogen and oxygen atoms in total. The molecule has 0 aliphatic rings.